The molecule has 0 aliphatic heterocycles. The summed E-state index contributed by atoms with van der Waals surface area (Å²) in [7, 11) is 0. The quantitative estimate of drug-likeness (QED) is 0.820. The van der Waals surface area contributed by atoms with Crippen LogP contribution >= 0.6 is 11.6 Å². The number of aromatic nitrogens is 3. The predicted molar refractivity (Wildman–Crippen MR) is 66.1 cm³/mol. The summed E-state index contributed by atoms with van der Waals surface area (Å²) in [5, 5.41) is 9.40. The molecule has 2 rings (SSSR count). The van der Waals surface area contributed by atoms with Crippen LogP contribution in [0.5, 0.6) is 0 Å². The van der Waals surface area contributed by atoms with Gasteiger partial charge in [-0.1, -0.05) is 0 Å². The van der Waals surface area contributed by atoms with Crippen molar-refractivity contribution in [2.45, 2.75) is 19.3 Å². The van der Waals surface area contributed by atoms with Crippen molar-refractivity contribution in [3.63, 3.8) is 0 Å². The Morgan fingerprint density at radius 3 is 3.00 bits per heavy atom. The highest BCUT2D eigenvalue weighted by molar-refractivity contribution is 6.28. The third kappa shape index (κ3) is 2.65. The average molecular weight is 252 g/mol. The van der Waals surface area contributed by atoms with E-state index in [9.17, 15) is 0 Å². The normalized spacial score (nSPS) is 12.6. The van der Waals surface area contributed by atoms with Gasteiger partial charge in [-0.3, -0.25) is 0 Å². The van der Waals surface area contributed by atoms with Crippen molar-refractivity contribution in [1.82, 2.24) is 15.0 Å². The molecule has 90 valence electrons. The van der Waals surface area contributed by atoms with Gasteiger partial charge < -0.3 is 10.1 Å². The fourth-order valence-electron chi connectivity index (χ4n) is 1.91. The van der Waals surface area contributed by atoms with Gasteiger partial charge in [-0.15, -0.1) is 0 Å². The van der Waals surface area contributed by atoms with Crippen LogP contribution < -0.4 is 0 Å². The molecule has 2 aromatic heterocycles. The molecule has 1 atom stereocenters. The van der Waals surface area contributed by atoms with Crippen molar-refractivity contribution in [2.75, 3.05) is 6.61 Å². The molecule has 0 bridgehead atoms. The van der Waals surface area contributed by atoms with Crippen molar-refractivity contribution < 1.29 is 5.11 Å². The first kappa shape index (κ1) is 12.1. The van der Waals surface area contributed by atoms with Crippen molar-refractivity contribution >= 4 is 11.6 Å². The number of aliphatic hydroxyl groups is 1. The highest BCUT2D eigenvalue weighted by atomic mass is 35.5. The molecular formula is C12H14ClN3O. The highest BCUT2D eigenvalue weighted by Crippen LogP contribution is 2.27. The summed E-state index contributed by atoms with van der Waals surface area (Å²) in [6.07, 6.45) is 4.17. The molecule has 4 nitrogen and oxygen atoms in total. The fraction of sp³-hybridized carbons (Fsp3) is 0.333. The minimum atomic E-state index is 0.0236. The van der Waals surface area contributed by atoms with Crippen molar-refractivity contribution in [2.24, 2.45) is 0 Å². The zero-order valence-corrected chi connectivity index (χ0v) is 10.3. The van der Waals surface area contributed by atoms with Gasteiger partial charge >= 0.3 is 0 Å². The zero-order valence-electron chi connectivity index (χ0n) is 9.52. The Balaban J connectivity index is 2.42. The molecule has 17 heavy (non-hydrogen) atoms. The maximum atomic E-state index is 9.17. The lowest BCUT2D eigenvalue weighted by Gasteiger charge is -2.16. The summed E-state index contributed by atoms with van der Waals surface area (Å²) >= 11 is 5.83. The number of halogens is 1. The highest BCUT2D eigenvalue weighted by Gasteiger charge is 2.18. The summed E-state index contributed by atoms with van der Waals surface area (Å²) in [5.41, 5.74) is 2.86. The van der Waals surface area contributed by atoms with Crippen molar-refractivity contribution in [1.29, 1.82) is 0 Å². The standard InChI is InChI=1S/C12H14ClN3O/c1-8-7-15-12(13)16-11(8)9(4-6-17)10-3-2-5-14-10/h2-3,5,7,9,14,17H,4,6H2,1H3. The molecule has 5 heteroatoms. The summed E-state index contributed by atoms with van der Waals surface area (Å²) in [6.45, 7) is 2.05. The van der Waals surface area contributed by atoms with Gasteiger partial charge in [0.25, 0.3) is 0 Å². The van der Waals surface area contributed by atoms with Gasteiger partial charge in [0.1, 0.15) is 0 Å². The van der Waals surface area contributed by atoms with Crippen LogP contribution in [0.4, 0.5) is 0 Å². The number of hydrogen-bond acceptors (Lipinski definition) is 3. The van der Waals surface area contributed by atoms with Crippen LogP contribution in [-0.4, -0.2) is 26.7 Å². The molecular weight excluding hydrogens is 238 g/mol. The van der Waals surface area contributed by atoms with Crippen LogP contribution in [0, 0.1) is 6.92 Å². The van der Waals surface area contributed by atoms with Gasteiger partial charge in [0.05, 0.1) is 5.69 Å². The molecule has 2 heterocycles. The molecule has 0 fully saturated rings. The van der Waals surface area contributed by atoms with Gasteiger partial charge in [0.2, 0.25) is 5.28 Å². The minimum Gasteiger partial charge on any atom is -0.396 e. The number of aryl methyl sites for hydroxylation is 1. The number of hydrogen-bond donors (Lipinski definition) is 2. The van der Waals surface area contributed by atoms with E-state index in [-0.39, 0.29) is 17.8 Å². The lowest BCUT2D eigenvalue weighted by Crippen LogP contribution is -2.09. The fourth-order valence-corrected chi connectivity index (χ4v) is 2.05. The number of H-pyrrole nitrogens is 1. The molecule has 0 amide bonds. The van der Waals surface area contributed by atoms with Crippen molar-refractivity contribution in [3.8, 4) is 0 Å². The molecule has 1 unspecified atom stereocenters. The lowest BCUT2D eigenvalue weighted by molar-refractivity contribution is 0.280. The lowest BCUT2D eigenvalue weighted by atomic mass is 9.95. The second kappa shape index (κ2) is 5.29. The first-order chi connectivity index (χ1) is 8.22. The summed E-state index contributed by atoms with van der Waals surface area (Å²) in [4.78, 5) is 11.4. The number of nitrogens with zero attached hydrogens (tertiary/aromatic N) is 2. The molecule has 2 aromatic rings. The Hall–Kier alpha value is -1.39. The van der Waals surface area contributed by atoms with Gasteiger partial charge in [-0.2, -0.15) is 0 Å². The largest absolute Gasteiger partial charge is 0.396 e. The summed E-state index contributed by atoms with van der Waals surface area (Å²) in [5.74, 6) is 0.0236. The third-order valence-electron chi connectivity index (χ3n) is 2.73. The van der Waals surface area contributed by atoms with Crippen LogP contribution in [0.25, 0.3) is 0 Å². The summed E-state index contributed by atoms with van der Waals surface area (Å²) < 4.78 is 0. The second-order valence-electron chi connectivity index (χ2n) is 3.90. The molecule has 2 N–H and O–H groups in total. The van der Waals surface area contributed by atoms with Gasteiger partial charge in [-0.05, 0) is 42.6 Å². The van der Waals surface area contributed by atoms with E-state index < -0.39 is 0 Å². The van der Waals surface area contributed by atoms with E-state index in [4.69, 9.17) is 16.7 Å². The van der Waals surface area contributed by atoms with Crippen LogP contribution in [0.1, 0.15) is 29.3 Å². The maximum absolute atomic E-state index is 9.17. The average Bonchev–Trinajstić information content (AvgIpc) is 2.83. The van der Waals surface area contributed by atoms with Crippen LogP contribution in [0.15, 0.2) is 24.5 Å². The maximum Gasteiger partial charge on any atom is 0.222 e. The summed E-state index contributed by atoms with van der Waals surface area (Å²) in [6, 6.07) is 3.91. The molecule has 0 saturated carbocycles. The number of aromatic amines is 1. The molecule has 0 aromatic carbocycles. The molecule has 0 aliphatic rings. The number of rotatable bonds is 4. The zero-order chi connectivity index (χ0) is 12.3. The van der Waals surface area contributed by atoms with E-state index >= 15 is 0 Å². The van der Waals surface area contributed by atoms with E-state index in [2.05, 4.69) is 15.0 Å². The van der Waals surface area contributed by atoms with Gasteiger partial charge in [-0.25, -0.2) is 9.97 Å². The number of aliphatic hydroxyl groups excluding tert-OH is 1. The topological polar surface area (TPSA) is 61.8 Å². The first-order valence-corrected chi connectivity index (χ1v) is 5.83. The van der Waals surface area contributed by atoms with Crippen LogP contribution in [0.3, 0.4) is 0 Å². The molecule has 0 radical (unpaired) electrons. The predicted octanol–water partition coefficient (Wildman–Crippen LogP) is 2.28. The van der Waals surface area contributed by atoms with Gasteiger partial charge in [0, 0.05) is 30.6 Å². The van der Waals surface area contributed by atoms with Crippen LogP contribution in [-0.2, 0) is 0 Å². The van der Waals surface area contributed by atoms with E-state index in [0.29, 0.717) is 6.42 Å². The number of nitrogens with one attached hydrogen (secondary N) is 1. The smallest absolute Gasteiger partial charge is 0.222 e. The van der Waals surface area contributed by atoms with Crippen molar-refractivity contribution in [3.05, 3.63) is 46.8 Å². The van der Waals surface area contributed by atoms with E-state index in [0.717, 1.165) is 17.0 Å². The Kier molecular flexibility index (Phi) is 3.76. The monoisotopic (exact) mass is 251 g/mol. The van der Waals surface area contributed by atoms with E-state index in [1.807, 2.05) is 25.3 Å². The third-order valence-corrected chi connectivity index (χ3v) is 2.91. The molecule has 0 saturated heterocycles. The van der Waals surface area contributed by atoms with Crippen LogP contribution in [0.2, 0.25) is 5.28 Å². The Bertz CT molecular complexity index is 485. The Labute approximate surface area is 105 Å². The second-order valence-corrected chi connectivity index (χ2v) is 4.24. The Morgan fingerprint density at radius 1 is 1.53 bits per heavy atom. The van der Waals surface area contributed by atoms with E-state index in [1.54, 1.807) is 6.20 Å². The molecule has 0 spiro atoms. The SMILES string of the molecule is Cc1cnc(Cl)nc1C(CCO)c1ccc[nH]1. The minimum absolute atomic E-state index is 0.0236. The Morgan fingerprint density at radius 2 is 2.35 bits per heavy atom. The van der Waals surface area contributed by atoms with E-state index in [1.165, 1.54) is 0 Å². The first-order valence-electron chi connectivity index (χ1n) is 5.45. The van der Waals surface area contributed by atoms with Gasteiger partial charge in [0.15, 0.2) is 0 Å². The molecule has 0 aliphatic carbocycles.